The average molecular weight is 533 g/mol. The van der Waals surface area contributed by atoms with E-state index in [0.717, 1.165) is 29.2 Å². The Kier molecular flexibility index (Phi) is 7.36. The quantitative estimate of drug-likeness (QED) is 0.527. The number of phenolic OH excluding ortho intramolecular Hbond substituents is 1. The topological polar surface area (TPSA) is 108 Å². The van der Waals surface area contributed by atoms with Crippen molar-refractivity contribution in [2.45, 2.75) is 25.1 Å². The van der Waals surface area contributed by atoms with Crippen LogP contribution in [0.1, 0.15) is 28.0 Å². The van der Waals surface area contributed by atoms with Crippen LogP contribution in [0, 0.1) is 6.92 Å². The molecule has 0 bridgehead atoms. The molecule has 5 rings (SSSR count). The molecule has 0 aliphatic carbocycles. The van der Waals surface area contributed by atoms with Gasteiger partial charge in [0.05, 0.1) is 18.0 Å². The van der Waals surface area contributed by atoms with Crippen LogP contribution in [0.5, 0.6) is 5.75 Å². The lowest BCUT2D eigenvalue weighted by Crippen LogP contribution is -2.53. The lowest BCUT2D eigenvalue weighted by molar-refractivity contribution is -0.192. The van der Waals surface area contributed by atoms with Gasteiger partial charge in [0, 0.05) is 44.7 Å². The number of alkyl halides is 3. The normalized spacial score (nSPS) is 18.0. The van der Waals surface area contributed by atoms with Gasteiger partial charge < -0.3 is 29.3 Å². The fraction of sp³-hybridized carbons (Fsp3) is 0.346. The van der Waals surface area contributed by atoms with Gasteiger partial charge in [-0.2, -0.15) is 13.2 Å². The second-order valence-corrected chi connectivity index (χ2v) is 9.07. The summed E-state index contributed by atoms with van der Waals surface area (Å²) in [6.45, 7) is 4.30. The minimum atomic E-state index is -5.08. The molecule has 2 aliphatic rings. The number of amides is 1. The first-order chi connectivity index (χ1) is 18.0. The molecule has 1 unspecified atom stereocenters. The Labute approximate surface area is 216 Å². The number of nitrogens with zero attached hydrogens (tertiary/aromatic N) is 4. The lowest BCUT2D eigenvalue weighted by atomic mass is 9.89. The van der Waals surface area contributed by atoms with Crippen LogP contribution in [0.25, 0.3) is 5.82 Å². The third kappa shape index (κ3) is 4.91. The number of rotatable bonds is 4. The molecular formula is C26H27F3N4O5. The van der Waals surface area contributed by atoms with Crippen molar-refractivity contribution in [3.63, 3.8) is 0 Å². The van der Waals surface area contributed by atoms with Crippen LogP contribution in [0.3, 0.4) is 0 Å². The zero-order valence-corrected chi connectivity index (χ0v) is 20.8. The molecule has 2 N–H and O–H groups in total. The number of ether oxygens (including phenoxy) is 1. The summed E-state index contributed by atoms with van der Waals surface area (Å²) in [5.74, 6) is -1.77. The van der Waals surface area contributed by atoms with Crippen LogP contribution < -0.4 is 4.90 Å². The number of hydrogen-bond acceptors (Lipinski definition) is 6. The van der Waals surface area contributed by atoms with E-state index in [1.165, 1.54) is 0 Å². The van der Waals surface area contributed by atoms with E-state index in [1.807, 2.05) is 36.4 Å². The van der Waals surface area contributed by atoms with Gasteiger partial charge >= 0.3 is 12.1 Å². The Balaban J connectivity index is 0.000000426. The van der Waals surface area contributed by atoms with E-state index in [1.54, 1.807) is 25.3 Å². The van der Waals surface area contributed by atoms with E-state index in [4.69, 9.17) is 14.6 Å². The maximum atomic E-state index is 13.3. The van der Waals surface area contributed by atoms with Gasteiger partial charge in [-0.15, -0.1) is 0 Å². The van der Waals surface area contributed by atoms with Gasteiger partial charge in [-0.1, -0.05) is 6.07 Å². The number of aryl methyl sites for hydroxylation is 1. The van der Waals surface area contributed by atoms with Crippen LogP contribution in [0.15, 0.2) is 54.9 Å². The van der Waals surface area contributed by atoms with Crippen LogP contribution in [-0.2, 0) is 15.1 Å². The number of aromatic nitrogens is 2. The molecule has 1 spiro atoms. The van der Waals surface area contributed by atoms with E-state index >= 15 is 0 Å². The predicted molar refractivity (Wildman–Crippen MR) is 132 cm³/mol. The minimum Gasteiger partial charge on any atom is -0.508 e. The summed E-state index contributed by atoms with van der Waals surface area (Å²) < 4.78 is 39.3. The second kappa shape index (κ2) is 10.4. The maximum absolute atomic E-state index is 13.3. The molecular weight excluding hydrogens is 505 g/mol. The van der Waals surface area contributed by atoms with Crippen LogP contribution >= 0.6 is 0 Å². The highest BCUT2D eigenvalue weighted by Crippen LogP contribution is 2.47. The monoisotopic (exact) mass is 532 g/mol. The molecule has 4 heterocycles. The van der Waals surface area contributed by atoms with Gasteiger partial charge in [0.15, 0.2) is 5.82 Å². The summed E-state index contributed by atoms with van der Waals surface area (Å²) >= 11 is 0. The van der Waals surface area contributed by atoms with E-state index in [9.17, 15) is 23.1 Å². The van der Waals surface area contributed by atoms with E-state index in [-0.39, 0.29) is 17.2 Å². The van der Waals surface area contributed by atoms with Crippen molar-refractivity contribution in [3.8, 4) is 11.6 Å². The molecule has 1 aromatic carbocycles. The molecule has 202 valence electrons. The number of phenols is 1. The number of carboxylic acid groups (broad SMARTS) is 1. The number of benzene rings is 1. The van der Waals surface area contributed by atoms with Crippen molar-refractivity contribution in [1.82, 2.24) is 14.5 Å². The van der Waals surface area contributed by atoms with Gasteiger partial charge in [-0.05, 0) is 55.3 Å². The van der Waals surface area contributed by atoms with Crippen molar-refractivity contribution in [3.05, 3.63) is 71.7 Å². The number of pyridine rings is 1. The number of likely N-dealkylation sites (tertiary alicyclic amines) is 1. The number of anilines is 1. The molecule has 0 radical (unpaired) electrons. The molecule has 9 nitrogen and oxygen atoms in total. The molecule has 1 saturated heterocycles. The standard InChI is InChI=1S/C24H26N4O3.C2HF3O2/c1-17-7-8-18(15-20(17)29)23(30)26-12-9-24(16-26)21-6-4-11-27(21)22-19(5-3-10-25-22)28(24)13-14-31-2;3-2(4,5)1(6)7/h3-8,10-11,15,29H,9,12-14,16H2,1-2H3;(H,6,7). The van der Waals surface area contributed by atoms with Gasteiger partial charge in [-0.3, -0.25) is 4.79 Å². The number of carboxylic acids is 1. The molecule has 1 atom stereocenters. The number of fused-ring (bicyclic) bond motifs is 4. The highest BCUT2D eigenvalue weighted by Gasteiger charge is 2.50. The number of hydrogen-bond donors (Lipinski definition) is 2. The van der Waals surface area contributed by atoms with Gasteiger partial charge in [-0.25, -0.2) is 9.78 Å². The van der Waals surface area contributed by atoms with Crippen molar-refractivity contribution in [2.24, 2.45) is 0 Å². The summed E-state index contributed by atoms with van der Waals surface area (Å²) in [4.78, 5) is 31.1. The third-order valence-corrected chi connectivity index (χ3v) is 6.78. The third-order valence-electron chi connectivity index (χ3n) is 6.78. The average Bonchev–Trinajstić information content (AvgIpc) is 3.54. The fourth-order valence-electron chi connectivity index (χ4n) is 4.94. The largest absolute Gasteiger partial charge is 0.508 e. The van der Waals surface area contributed by atoms with Crippen molar-refractivity contribution in [1.29, 1.82) is 0 Å². The lowest BCUT2D eigenvalue weighted by Gasteiger charge is -2.47. The predicted octanol–water partition coefficient (Wildman–Crippen LogP) is 3.73. The first-order valence-corrected chi connectivity index (χ1v) is 11.8. The van der Waals surface area contributed by atoms with Crippen molar-refractivity contribution < 1.29 is 37.7 Å². The highest BCUT2D eigenvalue weighted by atomic mass is 19.4. The molecule has 1 fully saturated rings. The first-order valence-electron chi connectivity index (χ1n) is 11.8. The van der Waals surface area contributed by atoms with Gasteiger partial charge in [0.2, 0.25) is 0 Å². The Morgan fingerprint density at radius 1 is 1.18 bits per heavy atom. The number of carbonyl (C=O) groups is 2. The molecule has 38 heavy (non-hydrogen) atoms. The molecule has 1 amide bonds. The number of methoxy groups -OCH3 is 1. The fourth-order valence-corrected chi connectivity index (χ4v) is 4.94. The zero-order chi connectivity index (χ0) is 27.7. The summed E-state index contributed by atoms with van der Waals surface area (Å²) in [5.41, 5.74) is 3.09. The summed E-state index contributed by atoms with van der Waals surface area (Å²) in [5, 5.41) is 17.2. The molecule has 2 aliphatic heterocycles. The zero-order valence-electron chi connectivity index (χ0n) is 20.8. The summed E-state index contributed by atoms with van der Waals surface area (Å²) in [7, 11) is 1.71. The van der Waals surface area contributed by atoms with E-state index in [0.29, 0.717) is 31.8 Å². The SMILES string of the molecule is COCCN1c2cccnc2-n2cccc2C12CCN(C(=O)c1ccc(C)c(O)c1)C2.O=C(O)C(F)(F)F. The first kappa shape index (κ1) is 27.0. The molecule has 3 aromatic rings. The molecule has 0 saturated carbocycles. The molecule has 12 heteroatoms. The number of halogens is 3. The van der Waals surface area contributed by atoms with E-state index in [2.05, 4.69) is 26.6 Å². The van der Waals surface area contributed by atoms with Gasteiger partial charge in [0.25, 0.3) is 5.91 Å². The number of aliphatic carboxylic acids is 1. The van der Waals surface area contributed by atoms with Gasteiger partial charge in [0.1, 0.15) is 11.3 Å². The Morgan fingerprint density at radius 2 is 1.92 bits per heavy atom. The Bertz CT molecular complexity index is 1340. The maximum Gasteiger partial charge on any atom is 0.490 e. The summed E-state index contributed by atoms with van der Waals surface area (Å²) in [6, 6.07) is 13.3. The highest BCUT2D eigenvalue weighted by molar-refractivity contribution is 5.95. The van der Waals surface area contributed by atoms with E-state index < -0.39 is 12.1 Å². The van der Waals surface area contributed by atoms with Crippen LogP contribution in [-0.4, -0.2) is 76.1 Å². The van der Waals surface area contributed by atoms with Crippen LogP contribution in [0.4, 0.5) is 18.9 Å². The van der Waals surface area contributed by atoms with Crippen molar-refractivity contribution in [2.75, 3.05) is 38.3 Å². The van der Waals surface area contributed by atoms with Crippen molar-refractivity contribution >= 4 is 17.6 Å². The smallest absolute Gasteiger partial charge is 0.490 e. The Morgan fingerprint density at radius 3 is 2.58 bits per heavy atom. The summed E-state index contributed by atoms with van der Waals surface area (Å²) in [6.07, 6.45) is -0.429. The molecule has 2 aromatic heterocycles. The minimum absolute atomic E-state index is 0.0612. The number of aromatic hydroxyl groups is 1. The van der Waals surface area contributed by atoms with Crippen LogP contribution in [0.2, 0.25) is 0 Å². The Hall–Kier alpha value is -4.06. The second-order valence-electron chi connectivity index (χ2n) is 9.07. The number of carbonyl (C=O) groups excluding carboxylic acids is 1.